The van der Waals surface area contributed by atoms with E-state index in [0.29, 0.717) is 12.4 Å². The van der Waals surface area contributed by atoms with Gasteiger partial charge in [0.05, 0.1) is 6.04 Å². The van der Waals surface area contributed by atoms with Crippen molar-refractivity contribution in [1.29, 1.82) is 0 Å². The number of hydrogen-bond donors (Lipinski definition) is 1. The number of likely N-dealkylation sites (tertiary alicyclic amines) is 1. The molecule has 1 unspecified atom stereocenters. The Hall–Kier alpha value is -2.84. The molecule has 0 spiro atoms. The molecule has 2 aromatic rings. The number of piperidine rings is 1. The summed E-state index contributed by atoms with van der Waals surface area (Å²) < 4.78 is 0. The number of aromatic nitrogens is 2. The van der Waals surface area contributed by atoms with Crippen LogP contribution < -0.4 is 5.32 Å². The lowest BCUT2D eigenvalue weighted by atomic mass is 10.0. The molecule has 3 aliphatic rings. The van der Waals surface area contributed by atoms with Crippen LogP contribution in [0.4, 0.5) is 5.82 Å². The molecular weight excluding hydrogens is 410 g/mol. The van der Waals surface area contributed by atoms with Crippen molar-refractivity contribution < 1.29 is 9.59 Å². The molecule has 1 N–H and O–H groups in total. The average molecular weight is 436 g/mol. The molecule has 2 fully saturated rings. The highest BCUT2D eigenvalue weighted by atomic mass is 32.1. The third-order valence-electron chi connectivity index (χ3n) is 6.18. The van der Waals surface area contributed by atoms with E-state index in [1.807, 2.05) is 28.6 Å². The lowest BCUT2D eigenvalue weighted by molar-refractivity contribution is -0.126. The lowest BCUT2D eigenvalue weighted by Crippen LogP contribution is -2.36. The molecule has 2 amide bonds. The van der Waals surface area contributed by atoms with E-state index in [1.54, 1.807) is 23.6 Å². The third kappa shape index (κ3) is 4.45. The molecule has 0 bridgehead atoms. The van der Waals surface area contributed by atoms with E-state index in [4.69, 9.17) is 0 Å². The van der Waals surface area contributed by atoms with Gasteiger partial charge in [0.1, 0.15) is 10.8 Å². The van der Waals surface area contributed by atoms with Gasteiger partial charge in [-0.2, -0.15) is 0 Å². The van der Waals surface area contributed by atoms with Crippen LogP contribution in [0.5, 0.6) is 0 Å². The van der Waals surface area contributed by atoms with Gasteiger partial charge in [-0.05, 0) is 56.0 Å². The normalized spacial score (nSPS) is 21.5. The van der Waals surface area contributed by atoms with Crippen molar-refractivity contribution in [3.63, 3.8) is 0 Å². The summed E-state index contributed by atoms with van der Waals surface area (Å²) in [5, 5.41) is 5.96. The minimum atomic E-state index is -0.0524. The molecule has 0 aromatic carbocycles. The SMILES string of the molecule is O=C1Nc2ncc(C=CC(=O)N3CCC(=Cc4nccs4)CC3)cc2CN2CCCC12. The van der Waals surface area contributed by atoms with Crippen LogP contribution in [-0.2, 0) is 16.1 Å². The Bertz CT molecular complexity index is 1040. The first-order chi connectivity index (χ1) is 15.2. The number of fused-ring (bicyclic) bond motifs is 2. The average Bonchev–Trinajstić information content (AvgIpc) is 3.44. The zero-order valence-corrected chi connectivity index (χ0v) is 18.1. The molecule has 31 heavy (non-hydrogen) atoms. The van der Waals surface area contributed by atoms with Crippen LogP contribution in [0.15, 0.2) is 35.5 Å². The van der Waals surface area contributed by atoms with Crippen LogP contribution >= 0.6 is 11.3 Å². The number of anilines is 1. The third-order valence-corrected chi connectivity index (χ3v) is 6.91. The highest BCUT2D eigenvalue weighted by Gasteiger charge is 2.34. The fraction of sp³-hybridized carbons (Fsp3) is 0.391. The summed E-state index contributed by atoms with van der Waals surface area (Å²) in [6.07, 6.45) is 12.8. The van der Waals surface area contributed by atoms with Crippen molar-refractivity contribution in [3.8, 4) is 0 Å². The van der Waals surface area contributed by atoms with E-state index in [9.17, 15) is 9.59 Å². The van der Waals surface area contributed by atoms with Gasteiger partial charge in [-0.3, -0.25) is 14.5 Å². The van der Waals surface area contributed by atoms with E-state index in [-0.39, 0.29) is 17.9 Å². The molecule has 1 atom stereocenters. The number of pyridine rings is 1. The summed E-state index contributed by atoms with van der Waals surface area (Å²) in [5.41, 5.74) is 3.22. The van der Waals surface area contributed by atoms with Crippen LogP contribution in [0.25, 0.3) is 12.2 Å². The molecule has 0 saturated carbocycles. The molecule has 5 heterocycles. The van der Waals surface area contributed by atoms with Crippen LogP contribution in [0.3, 0.4) is 0 Å². The molecule has 0 radical (unpaired) electrons. The van der Waals surface area contributed by atoms with Crippen LogP contribution in [-0.4, -0.2) is 57.3 Å². The quantitative estimate of drug-likeness (QED) is 0.750. The van der Waals surface area contributed by atoms with Crippen molar-refractivity contribution in [3.05, 3.63) is 51.6 Å². The smallest absolute Gasteiger partial charge is 0.246 e. The number of nitrogens with one attached hydrogen (secondary N) is 1. The Morgan fingerprint density at radius 3 is 2.90 bits per heavy atom. The summed E-state index contributed by atoms with van der Waals surface area (Å²) >= 11 is 1.63. The number of hydrogen-bond acceptors (Lipinski definition) is 6. The van der Waals surface area contributed by atoms with Gasteiger partial charge < -0.3 is 10.2 Å². The summed E-state index contributed by atoms with van der Waals surface area (Å²) in [6, 6.07) is 1.97. The van der Waals surface area contributed by atoms with E-state index in [2.05, 4.69) is 26.3 Å². The minimum absolute atomic E-state index is 0.0242. The van der Waals surface area contributed by atoms with E-state index < -0.39 is 0 Å². The number of amides is 2. The molecule has 2 aromatic heterocycles. The van der Waals surface area contributed by atoms with E-state index >= 15 is 0 Å². The zero-order chi connectivity index (χ0) is 21.2. The van der Waals surface area contributed by atoms with Gasteiger partial charge in [-0.25, -0.2) is 9.97 Å². The van der Waals surface area contributed by atoms with Gasteiger partial charge >= 0.3 is 0 Å². The summed E-state index contributed by atoms with van der Waals surface area (Å²) in [7, 11) is 0. The van der Waals surface area contributed by atoms with Crippen molar-refractivity contribution >= 4 is 41.1 Å². The Morgan fingerprint density at radius 2 is 2.10 bits per heavy atom. The molecule has 5 rings (SSSR count). The number of nitrogens with zero attached hydrogens (tertiary/aromatic N) is 4. The van der Waals surface area contributed by atoms with E-state index in [0.717, 1.165) is 61.5 Å². The first kappa shape index (κ1) is 20.1. The molecule has 7 nitrogen and oxygen atoms in total. The first-order valence-electron chi connectivity index (χ1n) is 10.8. The van der Waals surface area contributed by atoms with Crippen molar-refractivity contribution in [2.24, 2.45) is 0 Å². The molecule has 0 aliphatic carbocycles. The fourth-order valence-electron chi connectivity index (χ4n) is 4.50. The first-order valence-corrected chi connectivity index (χ1v) is 11.6. The molecular formula is C23H25N5O2S. The van der Waals surface area contributed by atoms with Gasteiger partial charge in [0.15, 0.2) is 0 Å². The van der Waals surface area contributed by atoms with Gasteiger partial charge in [0.25, 0.3) is 0 Å². The fourth-order valence-corrected chi connectivity index (χ4v) is 5.11. The Labute approximate surface area is 185 Å². The summed E-state index contributed by atoms with van der Waals surface area (Å²) in [4.78, 5) is 37.9. The maximum Gasteiger partial charge on any atom is 0.246 e. The van der Waals surface area contributed by atoms with Crippen LogP contribution in [0.2, 0.25) is 0 Å². The van der Waals surface area contributed by atoms with Crippen molar-refractivity contribution in [2.45, 2.75) is 38.3 Å². The predicted molar refractivity (Wildman–Crippen MR) is 121 cm³/mol. The Morgan fingerprint density at radius 1 is 1.23 bits per heavy atom. The van der Waals surface area contributed by atoms with Gasteiger partial charge in [-0.1, -0.05) is 5.57 Å². The molecule has 160 valence electrons. The Balaban J connectivity index is 1.22. The number of thiazole rings is 1. The molecule has 3 aliphatic heterocycles. The monoisotopic (exact) mass is 435 g/mol. The second-order valence-electron chi connectivity index (χ2n) is 8.23. The van der Waals surface area contributed by atoms with Gasteiger partial charge in [0.2, 0.25) is 11.8 Å². The lowest BCUT2D eigenvalue weighted by Gasteiger charge is -2.27. The summed E-state index contributed by atoms with van der Waals surface area (Å²) in [5.74, 6) is 0.699. The van der Waals surface area contributed by atoms with Gasteiger partial charge in [0, 0.05) is 49.0 Å². The van der Waals surface area contributed by atoms with Gasteiger partial charge in [-0.15, -0.1) is 11.3 Å². The highest BCUT2D eigenvalue weighted by molar-refractivity contribution is 7.10. The molecule has 2 saturated heterocycles. The Kier molecular flexibility index (Phi) is 5.65. The topological polar surface area (TPSA) is 78.4 Å². The summed E-state index contributed by atoms with van der Waals surface area (Å²) in [6.45, 7) is 3.10. The molecule has 8 heteroatoms. The number of carbonyl (C=O) groups excluding carboxylic acids is 2. The maximum atomic E-state index is 12.7. The van der Waals surface area contributed by atoms with Crippen LogP contribution in [0, 0.1) is 0 Å². The standard InChI is InChI=1S/C23H25N5O2S/c29-21(27-9-5-16(6-10-27)13-20-24-7-11-31-20)4-3-17-12-18-15-28-8-1-2-19(28)23(30)26-22(18)25-14-17/h3-4,7,11-14,19H,1-2,5-6,8-10,15H2,(H,25,26,30). The second-order valence-corrected chi connectivity index (χ2v) is 9.15. The van der Waals surface area contributed by atoms with Crippen molar-refractivity contribution in [1.82, 2.24) is 19.8 Å². The number of rotatable bonds is 3. The predicted octanol–water partition coefficient (Wildman–Crippen LogP) is 3.17. The largest absolute Gasteiger partial charge is 0.339 e. The van der Waals surface area contributed by atoms with Crippen LogP contribution in [0.1, 0.15) is 41.8 Å². The zero-order valence-electron chi connectivity index (χ0n) is 17.3. The van der Waals surface area contributed by atoms with E-state index in [1.165, 1.54) is 5.57 Å². The number of carbonyl (C=O) groups is 2. The maximum absolute atomic E-state index is 12.7. The highest BCUT2D eigenvalue weighted by Crippen LogP contribution is 2.28. The van der Waals surface area contributed by atoms with Crippen molar-refractivity contribution in [2.75, 3.05) is 25.0 Å². The second kappa shape index (κ2) is 8.72. The minimum Gasteiger partial charge on any atom is -0.339 e.